The van der Waals surface area contributed by atoms with Gasteiger partial charge in [0, 0.05) is 92.9 Å². The molecule has 0 aliphatic heterocycles. The van der Waals surface area contributed by atoms with E-state index >= 15 is 13.2 Å². The summed E-state index contributed by atoms with van der Waals surface area (Å²) < 4.78 is 59.0. The molecule has 0 saturated heterocycles. The zero-order chi connectivity index (χ0) is 64.5. The van der Waals surface area contributed by atoms with Crippen molar-refractivity contribution in [1.82, 2.24) is 27.4 Å². The van der Waals surface area contributed by atoms with Crippen LogP contribution in [0.1, 0.15) is 16.7 Å². The molecule has 0 unspecified atom stereocenters. The maximum atomic E-state index is 15.1. The second-order valence-electron chi connectivity index (χ2n) is 25.5. The third-order valence-electron chi connectivity index (χ3n) is 20.3. The monoisotopic (exact) mass is 1250 g/mol. The lowest BCUT2D eigenvalue weighted by molar-refractivity contribution is -0.137. The molecule has 0 atom stereocenters. The van der Waals surface area contributed by atoms with Gasteiger partial charge in [0.15, 0.2) is 0 Å². The molecule has 0 radical (unpaired) electrons. The molecule has 20 aromatic rings. The van der Waals surface area contributed by atoms with Gasteiger partial charge in [0.2, 0.25) is 0 Å². The van der Waals surface area contributed by atoms with Gasteiger partial charge in [-0.2, -0.15) is 18.4 Å². The first-order chi connectivity index (χ1) is 47.6. The van der Waals surface area contributed by atoms with Crippen LogP contribution in [0.25, 0.3) is 176 Å². The Kier molecular flexibility index (Phi) is 11.5. The fourth-order valence-electron chi connectivity index (χ4n) is 16.3. The van der Waals surface area contributed by atoms with Gasteiger partial charge >= 0.3 is 6.18 Å². The number of benzene rings is 14. The zero-order valence-electron chi connectivity index (χ0n) is 52.1. The highest BCUT2D eigenvalue weighted by atomic mass is 19.4. The van der Waals surface area contributed by atoms with Gasteiger partial charge in [-0.25, -0.2) is 0 Å². The molecule has 0 N–H and O–H groups in total. The summed E-state index contributed by atoms with van der Waals surface area (Å²) in [5.74, 6) is 0. The van der Waals surface area contributed by atoms with E-state index in [9.17, 15) is 5.26 Å². The van der Waals surface area contributed by atoms with Crippen LogP contribution in [0.5, 0.6) is 0 Å². The van der Waals surface area contributed by atoms with Crippen LogP contribution < -0.4 is 0 Å². The van der Waals surface area contributed by atoms with E-state index in [-0.39, 0.29) is 0 Å². The average molecular weight is 1250 g/mol. The molecule has 0 aliphatic carbocycles. The van der Waals surface area contributed by atoms with Crippen LogP contribution in [-0.2, 0) is 6.18 Å². The predicted molar refractivity (Wildman–Crippen MR) is 392 cm³/mol. The van der Waals surface area contributed by atoms with Crippen molar-refractivity contribution < 1.29 is 13.2 Å². The van der Waals surface area contributed by atoms with Crippen LogP contribution in [0.15, 0.2) is 297 Å². The molecule has 20 rings (SSSR count). The largest absolute Gasteiger partial charge is 0.416 e. The van der Waals surface area contributed by atoms with E-state index in [4.69, 9.17) is 0 Å². The van der Waals surface area contributed by atoms with Crippen molar-refractivity contribution in [2.24, 2.45) is 0 Å². The van der Waals surface area contributed by atoms with Gasteiger partial charge < -0.3 is 27.4 Å². The number of alkyl halides is 3. The van der Waals surface area contributed by atoms with Gasteiger partial charge in [-0.3, -0.25) is 0 Å². The van der Waals surface area contributed by atoms with Crippen LogP contribution in [0.2, 0.25) is 0 Å². The Morgan fingerprint density at radius 3 is 0.753 bits per heavy atom. The summed E-state index contributed by atoms with van der Waals surface area (Å²) in [7, 11) is 0. The number of rotatable bonds is 7. The third kappa shape index (κ3) is 7.85. The summed E-state index contributed by atoms with van der Waals surface area (Å²) in [6, 6.07) is 105. The second-order valence-corrected chi connectivity index (χ2v) is 25.5. The molecule has 14 aromatic carbocycles. The van der Waals surface area contributed by atoms with E-state index in [0.29, 0.717) is 33.6 Å². The Bertz CT molecular complexity index is 5920. The molecule has 456 valence electrons. The van der Waals surface area contributed by atoms with E-state index in [1.165, 1.54) is 12.1 Å². The van der Waals surface area contributed by atoms with Crippen molar-refractivity contribution in [3.05, 3.63) is 314 Å². The highest BCUT2D eigenvalue weighted by Gasteiger charge is 2.33. The minimum atomic E-state index is -4.61. The smallest absolute Gasteiger partial charge is 0.309 e. The lowest BCUT2D eigenvalue weighted by atomic mass is 9.93. The average Bonchev–Trinajstić information content (AvgIpc) is 1.58. The van der Waals surface area contributed by atoms with Gasteiger partial charge in [0.05, 0.1) is 94.8 Å². The van der Waals surface area contributed by atoms with Gasteiger partial charge in [0.1, 0.15) is 0 Å². The van der Waals surface area contributed by atoms with Crippen molar-refractivity contribution in [3.8, 4) is 51.3 Å². The number of nitriles is 1. The summed E-state index contributed by atoms with van der Waals surface area (Å²) in [5.41, 5.74) is 18.3. The van der Waals surface area contributed by atoms with E-state index in [0.717, 1.165) is 154 Å². The summed E-state index contributed by atoms with van der Waals surface area (Å²) in [6.07, 6.45) is -4.61. The first kappa shape index (κ1) is 54.7. The van der Waals surface area contributed by atoms with Crippen LogP contribution in [0, 0.1) is 18.3 Å². The van der Waals surface area contributed by atoms with Crippen molar-refractivity contribution in [2.75, 3.05) is 0 Å². The first-order valence-electron chi connectivity index (χ1n) is 32.5. The van der Waals surface area contributed by atoms with E-state index < -0.39 is 11.7 Å². The van der Waals surface area contributed by atoms with Crippen LogP contribution in [0.4, 0.5) is 13.2 Å². The Labute approximate surface area is 552 Å². The van der Waals surface area contributed by atoms with E-state index in [1.807, 2.05) is 12.1 Å². The molecule has 0 amide bonds. The zero-order valence-corrected chi connectivity index (χ0v) is 52.1. The molecule has 0 aliphatic rings. The first-order valence-corrected chi connectivity index (χ1v) is 32.5. The minimum absolute atomic E-state index is 0.371. The van der Waals surface area contributed by atoms with Crippen LogP contribution in [0.3, 0.4) is 0 Å². The molecule has 0 fully saturated rings. The molecule has 97 heavy (non-hydrogen) atoms. The highest BCUT2D eigenvalue weighted by molar-refractivity contribution is 6.18. The van der Waals surface area contributed by atoms with Crippen LogP contribution in [-0.4, -0.2) is 27.4 Å². The second kappa shape index (κ2) is 20.3. The lowest BCUT2D eigenvalue weighted by Gasteiger charge is -2.22. The Hall–Kier alpha value is -12.8. The Morgan fingerprint density at radius 1 is 0.268 bits per heavy atom. The van der Waals surface area contributed by atoms with E-state index in [2.05, 4.69) is 300 Å². The van der Waals surface area contributed by atoms with E-state index in [1.54, 1.807) is 13.0 Å². The number of halogens is 3. The molecular formula is C87H52F3N7. The number of hydrogen-bond donors (Lipinski definition) is 0. The van der Waals surface area contributed by atoms with Crippen molar-refractivity contribution >= 4 is 131 Å². The Morgan fingerprint density at radius 2 is 0.515 bits per heavy atom. The number of aromatic nitrogens is 6. The molecular weight excluding hydrogens is 1200 g/mol. The summed E-state index contributed by atoms with van der Waals surface area (Å²) in [6.45, 7) is 1.76. The molecule has 6 aromatic heterocycles. The van der Waals surface area contributed by atoms with Crippen LogP contribution >= 0.6 is 0 Å². The van der Waals surface area contributed by atoms with Gasteiger partial charge in [-0.15, -0.1) is 0 Å². The molecule has 0 saturated carbocycles. The fourth-order valence-corrected chi connectivity index (χ4v) is 16.3. The normalized spacial score (nSPS) is 12.3. The maximum absolute atomic E-state index is 15.1. The van der Waals surface area contributed by atoms with Gasteiger partial charge in [-0.05, 0) is 164 Å². The minimum Gasteiger partial charge on any atom is -0.309 e. The summed E-state index contributed by atoms with van der Waals surface area (Å²) in [4.78, 5) is 0. The quantitative estimate of drug-likeness (QED) is 0.157. The van der Waals surface area contributed by atoms with Crippen molar-refractivity contribution in [2.45, 2.75) is 13.1 Å². The topological polar surface area (TPSA) is 53.4 Å². The summed E-state index contributed by atoms with van der Waals surface area (Å²) in [5, 5.41) is 24.6. The third-order valence-corrected chi connectivity index (χ3v) is 20.3. The molecule has 6 heterocycles. The van der Waals surface area contributed by atoms with Gasteiger partial charge in [-0.1, -0.05) is 152 Å². The number of nitrogens with zero attached hydrogens (tertiary/aromatic N) is 7. The van der Waals surface area contributed by atoms with Gasteiger partial charge in [0.25, 0.3) is 0 Å². The predicted octanol–water partition coefficient (Wildman–Crippen LogP) is 23.1. The highest BCUT2D eigenvalue weighted by Crippen LogP contribution is 2.48. The van der Waals surface area contributed by atoms with Crippen molar-refractivity contribution in [1.29, 1.82) is 5.26 Å². The Balaban J connectivity index is 0.914. The number of aryl methyl sites for hydroxylation is 1. The fraction of sp³-hybridized carbons (Fsp3) is 0.0230. The van der Waals surface area contributed by atoms with Crippen molar-refractivity contribution in [3.63, 3.8) is 0 Å². The SMILES string of the molecule is Cc1cc(C(F)(F)F)ccc1-c1c(-n2c3ccc(-n4c5ccccc5c5ccccc54)cc3c3cc(-n4c5ccccc5c5ccccc54)ccc32)cc(C#N)cc1-n1c2ccc(-n3c4ccccc4c4ccccc43)cc2c2cc(-n3c4ccccc4c4ccccc43)ccc21. The summed E-state index contributed by atoms with van der Waals surface area (Å²) >= 11 is 0. The number of fused-ring (bicyclic) bond motifs is 18. The molecule has 0 spiro atoms. The molecule has 10 heteroatoms. The number of hydrogen-bond acceptors (Lipinski definition) is 1. The lowest BCUT2D eigenvalue weighted by Crippen LogP contribution is -2.08. The molecule has 0 bridgehead atoms. The standard InChI is InChI=1S/C87H52F3N7/c1-52-44-54(87(88,89)90)34-39-59(52)86-84(96-80-40-35-55(92-72-26-10-2-18-60(72)61-19-3-11-27-73(61)92)47-68(80)69-48-56(36-41-81(69)96)93-74-28-12-4-20-62(74)63-21-5-13-29-75(63)93)45-53(51-91)46-85(86)97-82-42-37-57(94-76-30-14-6-22-64(76)65-23-7-15-31-77(65)94)49-70(82)71-50-58(38-43-83(71)97)95-78-32-16-8-24-66(78)67-25-9-17-33-79(67)95/h2-50H,1H3. The number of para-hydroxylation sites is 8. The maximum Gasteiger partial charge on any atom is 0.416 e. The molecule has 7 nitrogen and oxygen atoms in total.